The van der Waals surface area contributed by atoms with Crippen LogP contribution in [-0.2, 0) is 6.42 Å². The number of allylic oxidation sites excluding steroid dienone is 3. The molecule has 0 amide bonds. The number of rotatable bonds is 2. The summed E-state index contributed by atoms with van der Waals surface area (Å²) in [6.07, 6.45) is 9.05. The molecular formula is C22H24. The molecule has 2 aromatic carbocycles. The van der Waals surface area contributed by atoms with Gasteiger partial charge in [0.1, 0.15) is 0 Å². The Labute approximate surface area is 134 Å². The molecule has 0 aliphatic heterocycles. The van der Waals surface area contributed by atoms with Crippen molar-refractivity contribution in [2.75, 3.05) is 0 Å². The van der Waals surface area contributed by atoms with E-state index >= 15 is 0 Å². The van der Waals surface area contributed by atoms with E-state index in [9.17, 15) is 0 Å². The lowest BCUT2D eigenvalue weighted by molar-refractivity contribution is 1.31. The molecule has 0 nitrogen and oxygen atoms in total. The average Bonchev–Trinajstić information content (AvgIpc) is 3.05. The zero-order chi connectivity index (χ0) is 16.2. The molecule has 0 atom stereocenters. The molecule has 1 aliphatic carbocycles. The Balaban J connectivity index is 0.000000173. The van der Waals surface area contributed by atoms with Gasteiger partial charge in [0.15, 0.2) is 0 Å². The molecule has 0 N–H and O–H groups in total. The molecular weight excluding hydrogens is 264 g/mol. The maximum Gasteiger partial charge on any atom is -0.00882 e. The summed E-state index contributed by atoms with van der Waals surface area (Å²) in [5.74, 6) is 0. The van der Waals surface area contributed by atoms with Crippen LogP contribution in [-0.4, -0.2) is 0 Å². The summed E-state index contributed by atoms with van der Waals surface area (Å²) in [7, 11) is 0. The second kappa shape index (κ2) is 10.2. The average molecular weight is 288 g/mol. The number of fused-ring (bicyclic) bond motifs is 1. The lowest BCUT2D eigenvalue weighted by atomic mass is 10.1. The maximum absolute atomic E-state index is 3.63. The summed E-state index contributed by atoms with van der Waals surface area (Å²) in [5.41, 5.74) is 5.03. The van der Waals surface area contributed by atoms with Crippen LogP contribution in [0.2, 0.25) is 0 Å². The summed E-state index contributed by atoms with van der Waals surface area (Å²) >= 11 is 0. The first-order chi connectivity index (χ1) is 10.7. The summed E-state index contributed by atoms with van der Waals surface area (Å²) in [5, 5.41) is 0. The molecule has 0 spiro atoms. The molecule has 0 saturated carbocycles. The zero-order valence-corrected chi connectivity index (χ0v) is 13.3. The van der Waals surface area contributed by atoms with Crippen LogP contribution in [0.3, 0.4) is 0 Å². The van der Waals surface area contributed by atoms with Gasteiger partial charge in [-0.3, -0.25) is 0 Å². The molecule has 0 unspecified atom stereocenters. The summed E-state index contributed by atoms with van der Waals surface area (Å²) < 4.78 is 0. The fraction of sp³-hybridized carbons (Fsp3) is 0.0909. The monoisotopic (exact) mass is 288 g/mol. The second-order valence-corrected chi connectivity index (χ2v) is 4.97. The van der Waals surface area contributed by atoms with Crippen molar-refractivity contribution in [2.45, 2.75) is 13.3 Å². The fourth-order valence-corrected chi connectivity index (χ4v) is 1.78. The van der Waals surface area contributed by atoms with E-state index < -0.39 is 0 Å². The predicted molar refractivity (Wildman–Crippen MR) is 101 cm³/mol. The zero-order valence-electron chi connectivity index (χ0n) is 13.3. The third-order valence-electron chi connectivity index (χ3n) is 3.07. The van der Waals surface area contributed by atoms with Gasteiger partial charge in [-0.05, 0) is 30.0 Å². The van der Waals surface area contributed by atoms with Crippen LogP contribution < -0.4 is 0 Å². The number of hydrogen-bond donors (Lipinski definition) is 0. The van der Waals surface area contributed by atoms with Gasteiger partial charge in [0.05, 0.1) is 0 Å². The highest BCUT2D eigenvalue weighted by atomic mass is 14.0. The first-order valence-electron chi connectivity index (χ1n) is 7.37. The SMILES string of the molecule is C1=Cc2ccccc2C1.C=CC(=C)C.C=Cc1ccccc1. The fourth-order valence-electron chi connectivity index (χ4n) is 1.78. The minimum atomic E-state index is 1.02. The van der Waals surface area contributed by atoms with Gasteiger partial charge in [-0.2, -0.15) is 0 Å². The largest absolute Gasteiger partial charge is 0.0988 e. The third-order valence-corrected chi connectivity index (χ3v) is 3.07. The summed E-state index contributed by atoms with van der Waals surface area (Å²) in [6.45, 7) is 12.6. The molecule has 1 aliphatic rings. The van der Waals surface area contributed by atoms with Crippen LogP contribution in [0.4, 0.5) is 0 Å². The lowest BCUT2D eigenvalue weighted by Crippen LogP contribution is -1.76. The van der Waals surface area contributed by atoms with Gasteiger partial charge in [-0.15, -0.1) is 0 Å². The van der Waals surface area contributed by atoms with Crippen molar-refractivity contribution in [1.82, 2.24) is 0 Å². The summed E-state index contributed by atoms with van der Waals surface area (Å²) in [4.78, 5) is 0. The van der Waals surface area contributed by atoms with Gasteiger partial charge in [-0.1, -0.05) is 104 Å². The van der Waals surface area contributed by atoms with Gasteiger partial charge in [-0.25, -0.2) is 0 Å². The van der Waals surface area contributed by atoms with E-state index in [1.807, 2.05) is 43.3 Å². The highest BCUT2D eigenvalue weighted by molar-refractivity contribution is 5.59. The Morgan fingerprint density at radius 1 is 0.955 bits per heavy atom. The van der Waals surface area contributed by atoms with Crippen molar-refractivity contribution < 1.29 is 0 Å². The van der Waals surface area contributed by atoms with Crippen molar-refractivity contribution in [3.63, 3.8) is 0 Å². The van der Waals surface area contributed by atoms with Gasteiger partial charge in [0.25, 0.3) is 0 Å². The van der Waals surface area contributed by atoms with E-state index in [-0.39, 0.29) is 0 Å². The van der Waals surface area contributed by atoms with Gasteiger partial charge in [0, 0.05) is 0 Å². The Bertz CT molecular complexity index is 630. The van der Waals surface area contributed by atoms with Gasteiger partial charge >= 0.3 is 0 Å². The molecule has 0 bridgehead atoms. The van der Waals surface area contributed by atoms with Crippen LogP contribution in [0.15, 0.2) is 92.1 Å². The van der Waals surface area contributed by atoms with Gasteiger partial charge in [0.2, 0.25) is 0 Å². The molecule has 0 heterocycles. The molecule has 112 valence electrons. The second-order valence-electron chi connectivity index (χ2n) is 4.97. The topological polar surface area (TPSA) is 0 Å². The molecule has 0 saturated heterocycles. The van der Waals surface area contributed by atoms with E-state index in [1.165, 1.54) is 16.7 Å². The molecule has 0 heteroatoms. The standard InChI is InChI=1S/C9H8.C8H8.C5H8/c1-2-5-9-7-3-6-8(9)4-1;1-2-8-6-4-3-5-7-8;1-4-5(2)3/h1-6H,7H2;2-7H,1H2;4H,1-2H2,3H3. The van der Waals surface area contributed by atoms with Crippen LogP contribution in [0.25, 0.3) is 12.2 Å². The van der Waals surface area contributed by atoms with Crippen molar-refractivity contribution in [3.05, 3.63) is 109 Å². The molecule has 0 fully saturated rings. The van der Waals surface area contributed by atoms with Crippen LogP contribution in [0.5, 0.6) is 0 Å². The number of benzene rings is 2. The van der Waals surface area contributed by atoms with Crippen LogP contribution in [0, 0.1) is 0 Å². The van der Waals surface area contributed by atoms with Gasteiger partial charge < -0.3 is 0 Å². The maximum atomic E-state index is 3.63. The smallest absolute Gasteiger partial charge is 0.00882 e. The molecule has 2 aromatic rings. The molecule has 3 rings (SSSR count). The highest BCUT2D eigenvalue weighted by Crippen LogP contribution is 2.17. The number of hydrogen-bond acceptors (Lipinski definition) is 0. The Kier molecular flexibility index (Phi) is 8.07. The summed E-state index contributed by atoms with van der Waals surface area (Å²) in [6, 6.07) is 18.5. The molecule has 22 heavy (non-hydrogen) atoms. The van der Waals surface area contributed by atoms with E-state index in [0.717, 1.165) is 12.0 Å². The minimum absolute atomic E-state index is 1.02. The Morgan fingerprint density at radius 3 is 2.05 bits per heavy atom. The van der Waals surface area contributed by atoms with Crippen molar-refractivity contribution in [1.29, 1.82) is 0 Å². The van der Waals surface area contributed by atoms with E-state index in [2.05, 4.69) is 56.2 Å². The molecule has 0 radical (unpaired) electrons. The first kappa shape index (κ1) is 17.5. The normalized spacial score (nSPS) is 10.2. The van der Waals surface area contributed by atoms with Crippen molar-refractivity contribution >= 4 is 12.2 Å². The van der Waals surface area contributed by atoms with E-state index in [0.29, 0.717) is 0 Å². The first-order valence-corrected chi connectivity index (χ1v) is 7.37. The van der Waals surface area contributed by atoms with E-state index in [1.54, 1.807) is 6.08 Å². The van der Waals surface area contributed by atoms with Crippen molar-refractivity contribution in [2.24, 2.45) is 0 Å². The van der Waals surface area contributed by atoms with Crippen LogP contribution >= 0.6 is 0 Å². The Hall–Kier alpha value is -2.60. The van der Waals surface area contributed by atoms with E-state index in [4.69, 9.17) is 0 Å². The van der Waals surface area contributed by atoms with Crippen LogP contribution in [0.1, 0.15) is 23.6 Å². The quantitative estimate of drug-likeness (QED) is 0.566. The lowest BCUT2D eigenvalue weighted by Gasteiger charge is -1.93. The third kappa shape index (κ3) is 6.71. The highest BCUT2D eigenvalue weighted by Gasteiger charge is 2.00. The minimum Gasteiger partial charge on any atom is -0.0988 e. The van der Waals surface area contributed by atoms with Crippen molar-refractivity contribution in [3.8, 4) is 0 Å². The Morgan fingerprint density at radius 2 is 1.55 bits per heavy atom. The molecule has 0 aromatic heterocycles. The predicted octanol–water partition coefficient (Wildman–Crippen LogP) is 6.33.